The summed E-state index contributed by atoms with van der Waals surface area (Å²) in [5.74, 6) is 0. The van der Waals surface area contributed by atoms with Crippen molar-refractivity contribution in [3.8, 4) is 0 Å². The maximum Gasteiger partial charge on any atom is 0.300 e. The lowest BCUT2D eigenvalue weighted by atomic mass is 10.3. The van der Waals surface area contributed by atoms with E-state index in [1.807, 2.05) is 0 Å². The van der Waals surface area contributed by atoms with Gasteiger partial charge in [0.05, 0.1) is 10.2 Å². The van der Waals surface area contributed by atoms with E-state index in [0.717, 1.165) is 4.70 Å². The summed E-state index contributed by atoms with van der Waals surface area (Å²) in [6, 6.07) is 5.19. The monoisotopic (exact) mass is 277 g/mol. The average Bonchev–Trinajstić information content (AvgIpc) is 2.58. The maximum atomic E-state index is 11.2. The third-order valence-electron chi connectivity index (χ3n) is 1.84. The number of benzene rings is 1. The standard InChI is InChI=1S/C8H8ClN3O2S2/c1-10-16(13,14)12-8-11-6-3-2-5(9)4-7(6)15-8/h2-4,10H,1H3,(H,11,12). The number of nitrogens with zero attached hydrogens (tertiary/aromatic N) is 1. The molecule has 0 amide bonds. The Balaban J connectivity index is 2.40. The molecule has 86 valence electrons. The number of thiazole rings is 1. The summed E-state index contributed by atoms with van der Waals surface area (Å²) in [5.41, 5.74) is 0.711. The van der Waals surface area contributed by atoms with E-state index < -0.39 is 10.2 Å². The number of rotatable bonds is 3. The van der Waals surface area contributed by atoms with Gasteiger partial charge in [-0.1, -0.05) is 22.9 Å². The van der Waals surface area contributed by atoms with Gasteiger partial charge in [0.1, 0.15) is 0 Å². The van der Waals surface area contributed by atoms with Crippen LogP contribution in [0.5, 0.6) is 0 Å². The molecule has 0 aliphatic heterocycles. The first kappa shape index (κ1) is 11.6. The molecule has 0 radical (unpaired) electrons. The largest absolute Gasteiger partial charge is 0.300 e. The molecule has 0 saturated heterocycles. The number of anilines is 1. The molecule has 1 aromatic carbocycles. The quantitative estimate of drug-likeness (QED) is 0.899. The Hall–Kier alpha value is -0.890. The van der Waals surface area contributed by atoms with Gasteiger partial charge in [0.15, 0.2) is 5.13 Å². The molecule has 2 aromatic rings. The molecule has 16 heavy (non-hydrogen) atoms. The molecule has 2 N–H and O–H groups in total. The third-order valence-corrected chi connectivity index (χ3v) is 4.14. The molecule has 1 heterocycles. The first-order chi connectivity index (χ1) is 7.50. The number of fused-ring (bicyclic) bond motifs is 1. The number of hydrogen-bond donors (Lipinski definition) is 2. The lowest BCUT2D eigenvalue weighted by Gasteiger charge is -2.00. The predicted molar refractivity (Wildman–Crippen MR) is 66.2 cm³/mol. The van der Waals surface area contributed by atoms with Crippen molar-refractivity contribution in [1.29, 1.82) is 0 Å². The van der Waals surface area contributed by atoms with Crippen molar-refractivity contribution in [3.05, 3.63) is 23.2 Å². The molecule has 0 spiro atoms. The van der Waals surface area contributed by atoms with Crippen molar-refractivity contribution in [2.45, 2.75) is 0 Å². The summed E-state index contributed by atoms with van der Waals surface area (Å²) in [5, 5.41) is 0.908. The molecule has 0 saturated carbocycles. The maximum absolute atomic E-state index is 11.2. The zero-order chi connectivity index (χ0) is 11.8. The number of halogens is 1. The van der Waals surface area contributed by atoms with Crippen molar-refractivity contribution in [1.82, 2.24) is 9.71 Å². The van der Waals surface area contributed by atoms with E-state index in [4.69, 9.17) is 11.6 Å². The number of hydrogen-bond acceptors (Lipinski definition) is 4. The van der Waals surface area contributed by atoms with Crippen LogP contribution in [-0.2, 0) is 10.2 Å². The van der Waals surface area contributed by atoms with E-state index in [1.165, 1.54) is 18.4 Å². The second-order valence-electron chi connectivity index (χ2n) is 2.94. The fourth-order valence-electron chi connectivity index (χ4n) is 1.11. The number of aromatic nitrogens is 1. The van der Waals surface area contributed by atoms with Crippen LogP contribution in [0.2, 0.25) is 5.02 Å². The SMILES string of the molecule is CNS(=O)(=O)Nc1nc2ccc(Cl)cc2s1. The van der Waals surface area contributed by atoms with E-state index in [0.29, 0.717) is 15.7 Å². The van der Waals surface area contributed by atoms with E-state index in [-0.39, 0.29) is 0 Å². The molecule has 8 heteroatoms. The Morgan fingerprint density at radius 3 is 2.88 bits per heavy atom. The fraction of sp³-hybridized carbons (Fsp3) is 0.125. The van der Waals surface area contributed by atoms with Gasteiger partial charge in [-0.05, 0) is 18.2 Å². The zero-order valence-electron chi connectivity index (χ0n) is 8.19. The molecule has 1 aromatic heterocycles. The van der Waals surface area contributed by atoms with Crippen molar-refractivity contribution >= 4 is 48.5 Å². The van der Waals surface area contributed by atoms with Crippen LogP contribution < -0.4 is 9.44 Å². The Morgan fingerprint density at radius 2 is 2.19 bits per heavy atom. The molecule has 0 aliphatic carbocycles. The summed E-state index contributed by atoms with van der Waals surface area (Å²) >= 11 is 7.04. The van der Waals surface area contributed by atoms with Crippen LogP contribution in [0, 0.1) is 0 Å². The van der Waals surface area contributed by atoms with E-state index >= 15 is 0 Å². The molecule has 5 nitrogen and oxygen atoms in total. The van der Waals surface area contributed by atoms with Crippen LogP contribution in [0.1, 0.15) is 0 Å². The Morgan fingerprint density at radius 1 is 1.44 bits per heavy atom. The summed E-state index contributed by atoms with van der Waals surface area (Å²) in [4.78, 5) is 4.12. The van der Waals surface area contributed by atoms with Gasteiger partial charge >= 0.3 is 10.2 Å². The minimum atomic E-state index is -3.52. The predicted octanol–water partition coefficient (Wildman–Crippen LogP) is 1.83. The molecular formula is C8H8ClN3O2S2. The van der Waals surface area contributed by atoms with E-state index in [2.05, 4.69) is 14.4 Å². The second-order valence-corrected chi connectivity index (χ2v) is 6.03. The number of nitrogens with one attached hydrogen (secondary N) is 2. The van der Waals surface area contributed by atoms with Gasteiger partial charge in [-0.3, -0.25) is 0 Å². The van der Waals surface area contributed by atoms with Crippen molar-refractivity contribution in [2.75, 3.05) is 11.8 Å². The Labute approximate surface area is 102 Å². The topological polar surface area (TPSA) is 71.1 Å². The molecule has 0 aliphatic rings. The van der Waals surface area contributed by atoms with Crippen LogP contribution in [0.3, 0.4) is 0 Å². The highest BCUT2D eigenvalue weighted by Crippen LogP contribution is 2.28. The van der Waals surface area contributed by atoms with Gasteiger partial charge in [-0.15, -0.1) is 0 Å². The highest BCUT2D eigenvalue weighted by molar-refractivity contribution is 7.91. The van der Waals surface area contributed by atoms with Crippen molar-refractivity contribution < 1.29 is 8.42 Å². The van der Waals surface area contributed by atoms with Crippen LogP contribution in [-0.4, -0.2) is 20.4 Å². The van der Waals surface area contributed by atoms with E-state index in [9.17, 15) is 8.42 Å². The first-order valence-electron chi connectivity index (χ1n) is 4.27. The normalized spacial score (nSPS) is 11.9. The fourth-order valence-corrected chi connectivity index (χ4v) is 2.97. The van der Waals surface area contributed by atoms with Gasteiger partial charge in [-0.2, -0.15) is 8.42 Å². The summed E-state index contributed by atoms with van der Waals surface area (Å²) in [6.07, 6.45) is 0. The van der Waals surface area contributed by atoms with Gasteiger partial charge in [0.2, 0.25) is 0 Å². The minimum absolute atomic E-state index is 0.312. The Bertz CT molecular complexity index is 623. The summed E-state index contributed by atoms with van der Waals surface area (Å²) in [6.45, 7) is 0. The molecule has 0 unspecified atom stereocenters. The molecular weight excluding hydrogens is 270 g/mol. The van der Waals surface area contributed by atoms with Crippen LogP contribution in [0.15, 0.2) is 18.2 Å². The second kappa shape index (κ2) is 4.17. The van der Waals surface area contributed by atoms with Crippen LogP contribution in [0.4, 0.5) is 5.13 Å². The molecule has 2 rings (SSSR count). The lowest BCUT2D eigenvalue weighted by Crippen LogP contribution is -2.26. The summed E-state index contributed by atoms with van der Waals surface area (Å²) in [7, 11) is -2.19. The van der Waals surface area contributed by atoms with E-state index in [1.54, 1.807) is 18.2 Å². The van der Waals surface area contributed by atoms with Gasteiger partial charge in [0.25, 0.3) is 0 Å². The first-order valence-corrected chi connectivity index (χ1v) is 6.95. The highest BCUT2D eigenvalue weighted by Gasteiger charge is 2.10. The van der Waals surface area contributed by atoms with Gasteiger partial charge in [-0.25, -0.2) is 14.4 Å². The van der Waals surface area contributed by atoms with Crippen LogP contribution in [0.25, 0.3) is 10.2 Å². The third kappa shape index (κ3) is 2.43. The van der Waals surface area contributed by atoms with Gasteiger partial charge < -0.3 is 0 Å². The summed E-state index contributed by atoms with van der Waals surface area (Å²) < 4.78 is 27.7. The Kier molecular flexibility index (Phi) is 3.02. The van der Waals surface area contributed by atoms with Gasteiger partial charge in [0, 0.05) is 12.1 Å². The minimum Gasteiger partial charge on any atom is -0.246 e. The highest BCUT2D eigenvalue weighted by atomic mass is 35.5. The molecule has 0 fully saturated rings. The van der Waals surface area contributed by atoms with Crippen molar-refractivity contribution in [3.63, 3.8) is 0 Å². The zero-order valence-corrected chi connectivity index (χ0v) is 10.6. The molecule has 0 bridgehead atoms. The smallest absolute Gasteiger partial charge is 0.246 e. The lowest BCUT2D eigenvalue weighted by molar-refractivity contribution is 0.593. The average molecular weight is 278 g/mol. The van der Waals surface area contributed by atoms with Crippen LogP contribution >= 0.6 is 22.9 Å². The molecule has 0 atom stereocenters. The van der Waals surface area contributed by atoms with Crippen molar-refractivity contribution in [2.24, 2.45) is 0 Å².